The number of nitrogen functional groups attached to an aromatic ring is 1. The summed E-state index contributed by atoms with van der Waals surface area (Å²) in [4.78, 5) is 44.8. The highest BCUT2D eigenvalue weighted by atomic mass is 35.5. The van der Waals surface area contributed by atoms with E-state index in [9.17, 15) is 24.8 Å². The van der Waals surface area contributed by atoms with E-state index in [-0.39, 0.29) is 30.8 Å². The molecule has 1 fully saturated rings. The third-order valence-corrected chi connectivity index (χ3v) is 6.50. The topological polar surface area (TPSA) is 170 Å². The number of hydrogen-bond acceptors (Lipinski definition) is 7. The minimum absolute atomic E-state index is 0.0357. The first-order valence-electron chi connectivity index (χ1n) is 12.5. The second-order valence-electron chi connectivity index (χ2n) is 9.02. The van der Waals surface area contributed by atoms with Gasteiger partial charge in [-0.1, -0.05) is 36.2 Å². The first-order chi connectivity index (χ1) is 18.7. The Morgan fingerprint density at radius 1 is 1.33 bits per heavy atom. The molecule has 12 heteroatoms. The smallest absolute Gasteiger partial charge is 0.337 e. The summed E-state index contributed by atoms with van der Waals surface area (Å²) >= 11 is 6.14. The van der Waals surface area contributed by atoms with Crippen LogP contribution in [0.3, 0.4) is 0 Å². The highest BCUT2D eigenvalue weighted by Crippen LogP contribution is 2.25. The number of oxime groups is 1. The lowest BCUT2D eigenvalue weighted by atomic mass is 9.95. The van der Waals surface area contributed by atoms with Crippen molar-refractivity contribution in [3.8, 4) is 6.07 Å². The number of carboxylic acid groups (broad SMARTS) is 1. The van der Waals surface area contributed by atoms with Crippen LogP contribution in [0.4, 0.5) is 10.5 Å². The number of aromatic carboxylic acids is 1. The van der Waals surface area contributed by atoms with Gasteiger partial charge >= 0.3 is 12.0 Å². The summed E-state index contributed by atoms with van der Waals surface area (Å²) in [7, 11) is 0. The number of imide groups is 1. The lowest BCUT2D eigenvalue weighted by molar-refractivity contribution is -0.131. The molecule has 0 unspecified atom stereocenters. The van der Waals surface area contributed by atoms with Gasteiger partial charge < -0.3 is 26.3 Å². The van der Waals surface area contributed by atoms with Crippen molar-refractivity contribution in [2.45, 2.75) is 39.2 Å². The summed E-state index contributed by atoms with van der Waals surface area (Å²) in [6.45, 7) is 4.02. The Morgan fingerprint density at radius 3 is 2.74 bits per heavy atom. The van der Waals surface area contributed by atoms with Crippen LogP contribution in [0.15, 0.2) is 41.6 Å². The molecule has 206 valence electrons. The predicted octanol–water partition coefficient (Wildman–Crippen LogP) is 3.68. The summed E-state index contributed by atoms with van der Waals surface area (Å²) < 4.78 is 0. The van der Waals surface area contributed by atoms with Crippen LogP contribution in [0.5, 0.6) is 0 Å². The van der Waals surface area contributed by atoms with Crippen LogP contribution in [-0.2, 0) is 16.1 Å². The van der Waals surface area contributed by atoms with Gasteiger partial charge in [-0.05, 0) is 61.2 Å². The molecule has 0 bridgehead atoms. The molecule has 0 aromatic heterocycles. The predicted molar refractivity (Wildman–Crippen MR) is 146 cm³/mol. The number of nitriles is 1. The summed E-state index contributed by atoms with van der Waals surface area (Å²) in [6, 6.07) is 10.3. The van der Waals surface area contributed by atoms with Crippen molar-refractivity contribution in [1.29, 1.82) is 5.26 Å². The number of benzene rings is 2. The SMILES string of the molecule is CCC[C@@H](NC(=O)N1C/C(=N/OCC)NC[C@@H](Cc2cc(Cl)ccc2C#N)C1=O)c1ccc(C(=O)O)c(N)c1. The second kappa shape index (κ2) is 13.5. The molecule has 1 aliphatic heterocycles. The van der Waals surface area contributed by atoms with Crippen LogP contribution < -0.4 is 16.4 Å². The molecule has 2 aromatic carbocycles. The van der Waals surface area contributed by atoms with Gasteiger partial charge in [0.2, 0.25) is 5.91 Å². The molecule has 11 nitrogen and oxygen atoms in total. The lowest BCUT2D eigenvalue weighted by Crippen LogP contribution is -2.48. The number of carbonyl (C=O) groups is 3. The van der Waals surface area contributed by atoms with Gasteiger partial charge in [0.25, 0.3) is 0 Å². The average molecular weight is 555 g/mol. The molecule has 5 N–H and O–H groups in total. The largest absolute Gasteiger partial charge is 0.478 e. The molecule has 0 radical (unpaired) electrons. The lowest BCUT2D eigenvalue weighted by Gasteiger charge is -2.26. The Labute approximate surface area is 231 Å². The zero-order chi connectivity index (χ0) is 28.5. The van der Waals surface area contributed by atoms with Crippen molar-refractivity contribution in [2.75, 3.05) is 25.4 Å². The van der Waals surface area contributed by atoms with Crippen molar-refractivity contribution in [2.24, 2.45) is 11.1 Å². The van der Waals surface area contributed by atoms with E-state index in [4.69, 9.17) is 22.2 Å². The number of amides is 3. The van der Waals surface area contributed by atoms with Crippen molar-refractivity contribution in [1.82, 2.24) is 15.5 Å². The molecular weight excluding hydrogens is 524 g/mol. The van der Waals surface area contributed by atoms with E-state index in [1.54, 1.807) is 31.2 Å². The standard InChI is InChI=1S/C27H31ClN6O5/c1-3-5-23(16-7-9-21(26(36)37)22(30)12-16)32-27(38)34-15-24(33-39-4-2)31-14-19(25(34)35)10-18-11-20(28)8-6-17(18)13-29/h6-9,11-12,19,23H,3-5,10,14-15,30H2,1-2H3,(H,31,33)(H,32,38)(H,36,37)/t19-,23-/m1/s1. The molecule has 0 aliphatic carbocycles. The van der Waals surface area contributed by atoms with Gasteiger partial charge in [-0.25, -0.2) is 9.59 Å². The maximum absolute atomic E-state index is 13.7. The first-order valence-corrected chi connectivity index (χ1v) is 12.9. The third kappa shape index (κ3) is 7.39. The van der Waals surface area contributed by atoms with Gasteiger partial charge in [0.15, 0.2) is 5.84 Å². The summed E-state index contributed by atoms with van der Waals surface area (Å²) in [5.74, 6) is -2.01. The number of nitrogens with zero attached hydrogens (tertiary/aromatic N) is 3. The number of nitrogens with two attached hydrogens (primary N) is 1. The minimum Gasteiger partial charge on any atom is -0.478 e. The number of nitrogens with one attached hydrogen (secondary N) is 2. The number of halogens is 1. The number of rotatable bonds is 9. The minimum atomic E-state index is -1.15. The molecule has 3 amide bonds. The van der Waals surface area contributed by atoms with Crippen LogP contribution in [0, 0.1) is 17.2 Å². The highest BCUT2D eigenvalue weighted by Gasteiger charge is 2.35. The second-order valence-corrected chi connectivity index (χ2v) is 9.45. The Bertz CT molecular complexity index is 1310. The Balaban J connectivity index is 1.90. The molecule has 0 saturated carbocycles. The molecular formula is C27H31ClN6O5. The van der Waals surface area contributed by atoms with Gasteiger partial charge in [-0.3, -0.25) is 9.69 Å². The Morgan fingerprint density at radius 2 is 2.10 bits per heavy atom. The summed E-state index contributed by atoms with van der Waals surface area (Å²) in [6.07, 6.45) is 1.40. The third-order valence-electron chi connectivity index (χ3n) is 6.26. The van der Waals surface area contributed by atoms with Gasteiger partial charge in [0, 0.05) is 17.3 Å². The average Bonchev–Trinajstić information content (AvgIpc) is 3.05. The molecule has 39 heavy (non-hydrogen) atoms. The molecule has 2 atom stereocenters. The van der Waals surface area contributed by atoms with E-state index in [1.165, 1.54) is 12.1 Å². The molecule has 3 rings (SSSR count). The number of urea groups is 1. The van der Waals surface area contributed by atoms with Crippen molar-refractivity contribution in [3.05, 3.63) is 63.7 Å². The van der Waals surface area contributed by atoms with Crippen molar-refractivity contribution < 1.29 is 24.3 Å². The number of amidine groups is 1. The molecule has 1 saturated heterocycles. The maximum Gasteiger partial charge on any atom is 0.337 e. The van der Waals surface area contributed by atoms with Crippen molar-refractivity contribution >= 4 is 41.0 Å². The number of hydrogen-bond donors (Lipinski definition) is 4. The molecule has 2 aromatic rings. The first kappa shape index (κ1) is 29.3. The zero-order valence-corrected chi connectivity index (χ0v) is 22.5. The zero-order valence-electron chi connectivity index (χ0n) is 21.7. The van der Waals surface area contributed by atoms with Crippen LogP contribution in [0.2, 0.25) is 5.02 Å². The van der Waals surface area contributed by atoms with E-state index in [0.29, 0.717) is 47.0 Å². The Hall–Kier alpha value is -4.30. The van der Waals surface area contributed by atoms with Crippen LogP contribution >= 0.6 is 11.6 Å². The van der Waals surface area contributed by atoms with Gasteiger partial charge in [0.1, 0.15) is 6.61 Å². The van der Waals surface area contributed by atoms with E-state index in [2.05, 4.69) is 21.9 Å². The van der Waals surface area contributed by atoms with Crippen LogP contribution in [0.1, 0.15) is 59.8 Å². The molecule has 1 aliphatic rings. The molecule has 0 spiro atoms. The van der Waals surface area contributed by atoms with E-state index < -0.39 is 29.9 Å². The van der Waals surface area contributed by atoms with E-state index in [1.807, 2.05) is 6.92 Å². The van der Waals surface area contributed by atoms with Gasteiger partial charge in [-0.15, -0.1) is 0 Å². The number of carbonyl (C=O) groups excluding carboxylic acids is 2. The van der Waals surface area contributed by atoms with Crippen LogP contribution in [0.25, 0.3) is 0 Å². The van der Waals surface area contributed by atoms with E-state index in [0.717, 1.165) is 4.90 Å². The molecule has 1 heterocycles. The fraction of sp³-hybridized carbons (Fsp3) is 0.370. The van der Waals surface area contributed by atoms with E-state index >= 15 is 0 Å². The highest BCUT2D eigenvalue weighted by molar-refractivity contribution is 6.30. The Kier molecular flexibility index (Phi) is 10.1. The van der Waals surface area contributed by atoms with Crippen LogP contribution in [-0.4, -0.2) is 53.4 Å². The fourth-order valence-corrected chi connectivity index (χ4v) is 4.50. The maximum atomic E-state index is 13.7. The quantitative estimate of drug-likeness (QED) is 0.268. The monoisotopic (exact) mass is 554 g/mol. The number of anilines is 1. The fourth-order valence-electron chi connectivity index (χ4n) is 4.30. The number of carboxylic acids is 1. The van der Waals surface area contributed by atoms with Gasteiger partial charge in [0.05, 0.1) is 35.7 Å². The van der Waals surface area contributed by atoms with Crippen molar-refractivity contribution in [3.63, 3.8) is 0 Å². The summed E-state index contributed by atoms with van der Waals surface area (Å²) in [5.41, 5.74) is 7.57. The summed E-state index contributed by atoms with van der Waals surface area (Å²) in [5, 5.41) is 29.2. The van der Waals surface area contributed by atoms with Gasteiger partial charge in [-0.2, -0.15) is 5.26 Å². The normalized spacial score (nSPS) is 17.1.